The molecular formula is C15H21ClN2O3. The summed E-state index contributed by atoms with van der Waals surface area (Å²) >= 11 is 5.92. The number of aliphatic carboxylic acids is 1. The van der Waals surface area contributed by atoms with Gasteiger partial charge in [0, 0.05) is 17.8 Å². The van der Waals surface area contributed by atoms with E-state index in [-0.39, 0.29) is 23.5 Å². The van der Waals surface area contributed by atoms with Crippen molar-refractivity contribution in [3.63, 3.8) is 0 Å². The summed E-state index contributed by atoms with van der Waals surface area (Å²) in [6.45, 7) is 5.94. The molecule has 0 saturated heterocycles. The largest absolute Gasteiger partial charge is 0.481 e. The topological polar surface area (TPSA) is 79.3 Å². The van der Waals surface area contributed by atoms with Crippen LogP contribution in [-0.2, 0) is 4.79 Å². The molecule has 0 fully saturated rings. The van der Waals surface area contributed by atoms with Crippen molar-refractivity contribution in [3.05, 3.63) is 28.5 Å². The van der Waals surface area contributed by atoms with Gasteiger partial charge in [-0.2, -0.15) is 0 Å². The lowest BCUT2D eigenvalue weighted by molar-refractivity contribution is -0.141. The lowest BCUT2D eigenvalue weighted by atomic mass is 10.0. The first kappa shape index (κ1) is 17.4. The van der Waals surface area contributed by atoms with Crippen molar-refractivity contribution < 1.29 is 14.7 Å². The predicted molar refractivity (Wildman–Crippen MR) is 81.7 cm³/mol. The van der Waals surface area contributed by atoms with Crippen molar-refractivity contribution in [2.45, 2.75) is 39.5 Å². The molecular weight excluding hydrogens is 292 g/mol. The average Bonchev–Trinajstić information content (AvgIpc) is 2.41. The number of hydrogen-bond acceptors (Lipinski definition) is 3. The monoisotopic (exact) mass is 312 g/mol. The van der Waals surface area contributed by atoms with Crippen LogP contribution >= 0.6 is 11.6 Å². The molecule has 6 heteroatoms. The van der Waals surface area contributed by atoms with Crippen molar-refractivity contribution in [2.24, 2.45) is 5.92 Å². The fourth-order valence-corrected chi connectivity index (χ4v) is 2.14. The Labute approximate surface area is 129 Å². The molecule has 21 heavy (non-hydrogen) atoms. The highest BCUT2D eigenvalue weighted by Crippen LogP contribution is 2.17. The number of aromatic nitrogens is 1. The van der Waals surface area contributed by atoms with E-state index in [2.05, 4.69) is 10.3 Å². The van der Waals surface area contributed by atoms with E-state index >= 15 is 0 Å². The fourth-order valence-electron chi connectivity index (χ4n) is 1.92. The molecule has 5 nitrogen and oxygen atoms in total. The molecule has 0 aromatic carbocycles. The molecule has 1 amide bonds. The molecule has 0 radical (unpaired) electrons. The summed E-state index contributed by atoms with van der Waals surface area (Å²) in [5.41, 5.74) is 1.13. The zero-order valence-corrected chi connectivity index (χ0v) is 13.3. The first-order valence-corrected chi connectivity index (χ1v) is 7.41. The molecule has 1 atom stereocenters. The minimum atomic E-state index is -0.896. The Balaban J connectivity index is 2.77. The molecule has 1 unspecified atom stereocenters. The SMILES string of the molecule is CCCC(CNC(=O)c1cc(Cl)nc(C(C)C)c1)C(=O)O. The van der Waals surface area contributed by atoms with Gasteiger partial charge < -0.3 is 10.4 Å². The number of amides is 1. The van der Waals surface area contributed by atoms with Crippen LogP contribution in [0.5, 0.6) is 0 Å². The van der Waals surface area contributed by atoms with E-state index < -0.39 is 11.9 Å². The van der Waals surface area contributed by atoms with E-state index in [1.807, 2.05) is 20.8 Å². The number of halogens is 1. The van der Waals surface area contributed by atoms with E-state index in [1.54, 1.807) is 6.07 Å². The van der Waals surface area contributed by atoms with Gasteiger partial charge in [0.05, 0.1) is 5.92 Å². The van der Waals surface area contributed by atoms with Crippen LogP contribution in [0.25, 0.3) is 0 Å². The fraction of sp³-hybridized carbons (Fsp3) is 0.533. The second kappa shape index (κ2) is 7.98. The number of carbonyl (C=O) groups is 2. The molecule has 0 spiro atoms. The van der Waals surface area contributed by atoms with Gasteiger partial charge in [0.15, 0.2) is 0 Å². The van der Waals surface area contributed by atoms with E-state index in [0.717, 1.165) is 12.1 Å². The average molecular weight is 313 g/mol. The quantitative estimate of drug-likeness (QED) is 0.758. The number of hydrogen-bond donors (Lipinski definition) is 2. The predicted octanol–water partition coefficient (Wildman–Crippen LogP) is 3.09. The maximum Gasteiger partial charge on any atom is 0.308 e. The van der Waals surface area contributed by atoms with Crippen molar-refractivity contribution >= 4 is 23.5 Å². The van der Waals surface area contributed by atoms with E-state index in [4.69, 9.17) is 16.7 Å². The van der Waals surface area contributed by atoms with Crippen LogP contribution in [0, 0.1) is 5.92 Å². The van der Waals surface area contributed by atoms with Crippen molar-refractivity contribution in [2.75, 3.05) is 6.54 Å². The molecule has 2 N–H and O–H groups in total. The Kier molecular flexibility index (Phi) is 6.62. The first-order chi connectivity index (χ1) is 9.85. The van der Waals surface area contributed by atoms with Crippen LogP contribution in [0.15, 0.2) is 12.1 Å². The van der Waals surface area contributed by atoms with Crippen LogP contribution < -0.4 is 5.32 Å². The van der Waals surface area contributed by atoms with Crippen molar-refractivity contribution in [1.82, 2.24) is 10.3 Å². The molecule has 0 bridgehead atoms. The lowest BCUT2D eigenvalue weighted by Crippen LogP contribution is -2.33. The molecule has 0 saturated carbocycles. The Morgan fingerprint density at radius 1 is 1.38 bits per heavy atom. The maximum atomic E-state index is 12.1. The van der Waals surface area contributed by atoms with Gasteiger partial charge in [0.25, 0.3) is 5.91 Å². The highest BCUT2D eigenvalue weighted by molar-refractivity contribution is 6.29. The van der Waals surface area contributed by atoms with Gasteiger partial charge in [0.2, 0.25) is 0 Å². The van der Waals surface area contributed by atoms with E-state index in [0.29, 0.717) is 12.0 Å². The number of carboxylic acids is 1. The normalized spacial score (nSPS) is 12.2. The lowest BCUT2D eigenvalue weighted by Gasteiger charge is -2.13. The molecule has 1 aromatic heterocycles. The van der Waals surface area contributed by atoms with Gasteiger partial charge in [-0.25, -0.2) is 4.98 Å². The third kappa shape index (κ3) is 5.34. The summed E-state index contributed by atoms with van der Waals surface area (Å²) in [6, 6.07) is 3.17. The number of nitrogens with zero attached hydrogens (tertiary/aromatic N) is 1. The van der Waals surface area contributed by atoms with Gasteiger partial charge in [0.1, 0.15) is 5.15 Å². The summed E-state index contributed by atoms with van der Waals surface area (Å²) < 4.78 is 0. The molecule has 1 heterocycles. The third-order valence-electron chi connectivity index (χ3n) is 3.16. The Hall–Kier alpha value is -1.62. The van der Waals surface area contributed by atoms with Gasteiger partial charge in [-0.05, 0) is 24.5 Å². The molecule has 0 aliphatic heterocycles. The van der Waals surface area contributed by atoms with Crippen LogP contribution in [0.1, 0.15) is 55.6 Å². The number of rotatable bonds is 7. The highest BCUT2D eigenvalue weighted by atomic mass is 35.5. The Morgan fingerprint density at radius 2 is 2.05 bits per heavy atom. The molecule has 1 aromatic rings. The Bertz CT molecular complexity index is 518. The van der Waals surface area contributed by atoms with Crippen LogP contribution in [0.4, 0.5) is 0 Å². The summed E-state index contributed by atoms with van der Waals surface area (Å²) in [6.07, 6.45) is 1.29. The van der Waals surface area contributed by atoms with Gasteiger partial charge >= 0.3 is 5.97 Å². The Morgan fingerprint density at radius 3 is 2.57 bits per heavy atom. The molecule has 116 valence electrons. The van der Waals surface area contributed by atoms with Crippen LogP contribution in [-0.4, -0.2) is 28.5 Å². The second-order valence-electron chi connectivity index (χ2n) is 5.29. The minimum Gasteiger partial charge on any atom is -0.481 e. The van der Waals surface area contributed by atoms with Gasteiger partial charge in [-0.15, -0.1) is 0 Å². The molecule has 0 aliphatic carbocycles. The third-order valence-corrected chi connectivity index (χ3v) is 3.36. The van der Waals surface area contributed by atoms with E-state index in [9.17, 15) is 9.59 Å². The number of carboxylic acid groups (broad SMARTS) is 1. The van der Waals surface area contributed by atoms with E-state index in [1.165, 1.54) is 6.07 Å². The number of carbonyl (C=O) groups excluding carboxylic acids is 1. The number of nitrogens with one attached hydrogen (secondary N) is 1. The van der Waals surface area contributed by atoms with Crippen molar-refractivity contribution in [1.29, 1.82) is 0 Å². The first-order valence-electron chi connectivity index (χ1n) is 7.03. The maximum absolute atomic E-state index is 12.1. The summed E-state index contributed by atoms with van der Waals surface area (Å²) in [5, 5.41) is 12.0. The van der Waals surface area contributed by atoms with Crippen molar-refractivity contribution in [3.8, 4) is 0 Å². The summed E-state index contributed by atoms with van der Waals surface area (Å²) in [7, 11) is 0. The standard InChI is InChI=1S/C15H21ClN2O3/c1-4-5-10(15(20)21)8-17-14(19)11-6-12(9(2)3)18-13(16)7-11/h6-7,9-10H,4-5,8H2,1-3H3,(H,17,19)(H,20,21). The number of pyridine rings is 1. The summed E-state index contributed by atoms with van der Waals surface area (Å²) in [5.74, 6) is -1.64. The smallest absolute Gasteiger partial charge is 0.308 e. The van der Waals surface area contributed by atoms with Crippen LogP contribution in [0.3, 0.4) is 0 Å². The molecule has 1 rings (SSSR count). The minimum absolute atomic E-state index is 0.110. The molecule has 0 aliphatic rings. The zero-order chi connectivity index (χ0) is 16.0. The summed E-state index contributed by atoms with van der Waals surface area (Å²) in [4.78, 5) is 27.3. The van der Waals surface area contributed by atoms with Crippen LogP contribution in [0.2, 0.25) is 5.15 Å². The zero-order valence-electron chi connectivity index (χ0n) is 12.5. The van der Waals surface area contributed by atoms with Gasteiger partial charge in [-0.1, -0.05) is 38.8 Å². The second-order valence-corrected chi connectivity index (χ2v) is 5.68. The van der Waals surface area contributed by atoms with Gasteiger partial charge in [-0.3, -0.25) is 9.59 Å². The highest BCUT2D eigenvalue weighted by Gasteiger charge is 2.18.